The van der Waals surface area contributed by atoms with Gasteiger partial charge in [0, 0.05) is 6.20 Å². The Morgan fingerprint density at radius 2 is 2.07 bits per heavy atom. The topological polar surface area (TPSA) is 46.1 Å². The Labute approximate surface area is 84.9 Å². The molecule has 1 aliphatic heterocycles. The number of aromatic nitrogens is 2. The number of amides is 1. The Balaban J connectivity index is 2.07. The van der Waals surface area contributed by atoms with E-state index in [9.17, 15) is 13.6 Å². The predicted molar refractivity (Wildman–Crippen MR) is 47.6 cm³/mol. The third kappa shape index (κ3) is 1.93. The maximum atomic E-state index is 12.5. The average molecular weight is 213 g/mol. The van der Waals surface area contributed by atoms with Gasteiger partial charge < -0.3 is 4.90 Å². The molecule has 0 aliphatic carbocycles. The van der Waals surface area contributed by atoms with Crippen LogP contribution in [0, 0.1) is 6.92 Å². The summed E-state index contributed by atoms with van der Waals surface area (Å²) in [5.74, 6) is -3.23. The molecular formula is C9H9F2N3O. The van der Waals surface area contributed by atoms with Crippen molar-refractivity contribution in [3.05, 3.63) is 23.8 Å². The number of aryl methyl sites for hydroxylation is 1. The van der Waals surface area contributed by atoms with Crippen LogP contribution in [-0.2, 0) is 0 Å². The lowest BCUT2D eigenvalue weighted by Gasteiger charge is -2.38. The highest BCUT2D eigenvalue weighted by atomic mass is 19.3. The Morgan fingerprint density at radius 1 is 1.40 bits per heavy atom. The maximum Gasteiger partial charge on any atom is 0.282 e. The van der Waals surface area contributed by atoms with Gasteiger partial charge in [-0.25, -0.2) is 13.8 Å². The number of hydrogen-bond donors (Lipinski definition) is 0. The number of carbonyl (C=O) groups is 1. The smallest absolute Gasteiger partial charge is 0.282 e. The van der Waals surface area contributed by atoms with Crippen molar-refractivity contribution in [1.82, 2.24) is 14.9 Å². The number of nitrogens with zero attached hydrogens (tertiary/aromatic N) is 3. The number of hydrogen-bond acceptors (Lipinski definition) is 3. The summed E-state index contributed by atoms with van der Waals surface area (Å²) in [5.41, 5.74) is 0.789. The van der Waals surface area contributed by atoms with E-state index in [4.69, 9.17) is 0 Å². The minimum atomic E-state index is -2.74. The van der Waals surface area contributed by atoms with Crippen LogP contribution in [-0.4, -0.2) is 39.8 Å². The number of likely N-dealkylation sites (tertiary alicyclic amines) is 1. The monoisotopic (exact) mass is 213 g/mol. The molecule has 0 bridgehead atoms. The van der Waals surface area contributed by atoms with Gasteiger partial charge in [0.2, 0.25) is 0 Å². The number of rotatable bonds is 1. The second-order valence-electron chi connectivity index (χ2n) is 3.56. The lowest BCUT2D eigenvalue weighted by Crippen LogP contribution is -2.58. The molecule has 2 heterocycles. The van der Waals surface area contributed by atoms with Crippen molar-refractivity contribution in [3.63, 3.8) is 0 Å². The number of carbonyl (C=O) groups excluding carboxylic acids is 1. The standard InChI is InChI=1S/C9H9F2N3O/c1-6-2-13-7(3-12-6)8(15)14-4-9(10,11)5-14/h2-3H,4-5H2,1H3. The minimum absolute atomic E-state index is 0.108. The normalized spacial score (nSPS) is 18.5. The molecule has 0 saturated carbocycles. The van der Waals surface area contributed by atoms with Crippen LogP contribution in [0.5, 0.6) is 0 Å². The van der Waals surface area contributed by atoms with E-state index in [0.717, 1.165) is 4.90 Å². The van der Waals surface area contributed by atoms with Crippen molar-refractivity contribution >= 4 is 5.91 Å². The average Bonchev–Trinajstić information content (AvgIpc) is 2.14. The maximum absolute atomic E-state index is 12.5. The SMILES string of the molecule is Cc1cnc(C(=O)N2CC(F)(F)C2)cn1. The summed E-state index contributed by atoms with van der Waals surface area (Å²) >= 11 is 0. The zero-order valence-electron chi connectivity index (χ0n) is 8.07. The quantitative estimate of drug-likeness (QED) is 0.695. The van der Waals surface area contributed by atoms with E-state index in [1.807, 2.05) is 0 Å². The van der Waals surface area contributed by atoms with Gasteiger partial charge in [-0.3, -0.25) is 9.78 Å². The van der Waals surface area contributed by atoms with Gasteiger partial charge >= 0.3 is 0 Å². The molecule has 0 aromatic carbocycles. The Morgan fingerprint density at radius 3 is 2.53 bits per heavy atom. The van der Waals surface area contributed by atoms with Crippen LogP contribution in [0.15, 0.2) is 12.4 Å². The molecule has 1 aromatic rings. The third-order valence-electron chi connectivity index (χ3n) is 2.13. The predicted octanol–water partition coefficient (Wildman–Crippen LogP) is 0.876. The van der Waals surface area contributed by atoms with E-state index in [0.29, 0.717) is 5.69 Å². The van der Waals surface area contributed by atoms with Gasteiger partial charge in [-0.05, 0) is 6.92 Å². The van der Waals surface area contributed by atoms with Crippen LogP contribution < -0.4 is 0 Å². The Bertz CT molecular complexity index is 383. The van der Waals surface area contributed by atoms with Gasteiger partial charge in [0.05, 0.1) is 25.0 Å². The molecule has 1 aromatic heterocycles. The lowest BCUT2D eigenvalue weighted by molar-refractivity contribution is -0.113. The van der Waals surface area contributed by atoms with Crippen molar-refractivity contribution in [1.29, 1.82) is 0 Å². The van der Waals surface area contributed by atoms with E-state index in [1.54, 1.807) is 6.92 Å². The number of halogens is 2. The summed E-state index contributed by atoms with van der Waals surface area (Å²) in [7, 11) is 0. The van der Waals surface area contributed by atoms with E-state index in [2.05, 4.69) is 9.97 Å². The molecule has 4 nitrogen and oxygen atoms in total. The van der Waals surface area contributed by atoms with Crippen LogP contribution >= 0.6 is 0 Å². The fourth-order valence-corrected chi connectivity index (χ4v) is 1.32. The van der Waals surface area contributed by atoms with Gasteiger partial charge in [0.15, 0.2) is 0 Å². The van der Waals surface area contributed by atoms with Crippen LogP contribution in [0.2, 0.25) is 0 Å². The summed E-state index contributed by atoms with van der Waals surface area (Å²) in [4.78, 5) is 20.3. The number of alkyl halides is 2. The molecule has 0 unspecified atom stereocenters. The minimum Gasteiger partial charge on any atom is -0.325 e. The lowest BCUT2D eigenvalue weighted by atomic mass is 10.1. The van der Waals surface area contributed by atoms with Crippen molar-refractivity contribution in [2.75, 3.05) is 13.1 Å². The molecule has 1 amide bonds. The van der Waals surface area contributed by atoms with Crippen LogP contribution in [0.4, 0.5) is 8.78 Å². The van der Waals surface area contributed by atoms with Gasteiger partial charge in [-0.1, -0.05) is 0 Å². The van der Waals surface area contributed by atoms with Crippen LogP contribution in [0.1, 0.15) is 16.2 Å². The van der Waals surface area contributed by atoms with E-state index in [-0.39, 0.29) is 5.69 Å². The third-order valence-corrected chi connectivity index (χ3v) is 2.13. The molecular weight excluding hydrogens is 204 g/mol. The molecule has 15 heavy (non-hydrogen) atoms. The summed E-state index contributed by atoms with van der Waals surface area (Å²) in [6.45, 7) is 0.682. The molecule has 0 spiro atoms. The Hall–Kier alpha value is -1.59. The van der Waals surface area contributed by atoms with Gasteiger partial charge in [-0.2, -0.15) is 0 Å². The fourth-order valence-electron chi connectivity index (χ4n) is 1.32. The van der Waals surface area contributed by atoms with Crippen molar-refractivity contribution in [3.8, 4) is 0 Å². The molecule has 80 valence electrons. The Kier molecular flexibility index (Phi) is 2.13. The molecule has 0 atom stereocenters. The highest BCUT2D eigenvalue weighted by Gasteiger charge is 2.46. The molecule has 1 aliphatic rings. The van der Waals surface area contributed by atoms with Crippen molar-refractivity contribution in [2.45, 2.75) is 12.8 Å². The molecule has 0 radical (unpaired) electrons. The molecule has 0 N–H and O–H groups in total. The van der Waals surface area contributed by atoms with Gasteiger partial charge in [-0.15, -0.1) is 0 Å². The van der Waals surface area contributed by atoms with E-state index < -0.39 is 24.9 Å². The first-order valence-electron chi connectivity index (χ1n) is 4.44. The highest BCUT2D eigenvalue weighted by molar-refractivity contribution is 5.92. The summed E-state index contributed by atoms with van der Waals surface area (Å²) < 4.78 is 25.0. The summed E-state index contributed by atoms with van der Waals surface area (Å²) in [6, 6.07) is 0. The zero-order chi connectivity index (χ0) is 11.1. The molecule has 1 saturated heterocycles. The van der Waals surface area contributed by atoms with Gasteiger partial charge in [0.1, 0.15) is 5.69 Å². The zero-order valence-corrected chi connectivity index (χ0v) is 8.07. The largest absolute Gasteiger partial charge is 0.325 e. The summed E-state index contributed by atoms with van der Waals surface area (Å²) in [5, 5.41) is 0. The molecule has 6 heteroatoms. The van der Waals surface area contributed by atoms with E-state index >= 15 is 0 Å². The van der Waals surface area contributed by atoms with E-state index in [1.165, 1.54) is 12.4 Å². The first-order chi connectivity index (χ1) is 6.98. The second-order valence-corrected chi connectivity index (χ2v) is 3.56. The van der Waals surface area contributed by atoms with Crippen LogP contribution in [0.25, 0.3) is 0 Å². The van der Waals surface area contributed by atoms with Crippen molar-refractivity contribution < 1.29 is 13.6 Å². The molecule has 2 rings (SSSR count). The van der Waals surface area contributed by atoms with Crippen LogP contribution in [0.3, 0.4) is 0 Å². The van der Waals surface area contributed by atoms with Crippen molar-refractivity contribution in [2.24, 2.45) is 0 Å². The fraction of sp³-hybridized carbons (Fsp3) is 0.444. The highest BCUT2D eigenvalue weighted by Crippen LogP contribution is 2.27. The van der Waals surface area contributed by atoms with Gasteiger partial charge in [0.25, 0.3) is 11.8 Å². The second kappa shape index (κ2) is 3.22. The first kappa shape index (κ1) is 9.95. The first-order valence-corrected chi connectivity index (χ1v) is 4.44. The molecule has 1 fully saturated rings. The summed E-state index contributed by atoms with van der Waals surface area (Å²) in [6.07, 6.45) is 2.74.